The summed E-state index contributed by atoms with van der Waals surface area (Å²) >= 11 is 0. The summed E-state index contributed by atoms with van der Waals surface area (Å²) in [6.07, 6.45) is -0.792. The van der Waals surface area contributed by atoms with Gasteiger partial charge in [0, 0.05) is 25.2 Å². The van der Waals surface area contributed by atoms with E-state index in [1.165, 1.54) is 0 Å². The lowest BCUT2D eigenvalue weighted by Crippen LogP contribution is -2.55. The van der Waals surface area contributed by atoms with Crippen molar-refractivity contribution < 1.29 is 14.0 Å². The molecule has 2 aromatic carbocycles. The van der Waals surface area contributed by atoms with Crippen LogP contribution in [-0.4, -0.2) is 58.5 Å². The van der Waals surface area contributed by atoms with E-state index in [-0.39, 0.29) is 17.9 Å². The Morgan fingerprint density at radius 3 is 1.52 bits per heavy atom. The van der Waals surface area contributed by atoms with E-state index in [0.29, 0.717) is 21.6 Å². The monoisotopic (exact) mass is 356 g/mol. The molecule has 2 amide bonds. The zero-order chi connectivity index (χ0) is 18.4. The smallest absolute Gasteiger partial charge is 0.255 e. The van der Waals surface area contributed by atoms with E-state index >= 15 is 0 Å². The second-order valence-corrected chi connectivity index (χ2v) is 6.39. The number of hydrogen-bond acceptors (Lipinski definition) is 3. The maximum absolute atomic E-state index is 12.8. The highest BCUT2D eigenvalue weighted by Gasteiger charge is 2.32. The molecule has 0 N–H and O–H groups in total. The Hall–Kier alpha value is -2.44. The van der Waals surface area contributed by atoms with Gasteiger partial charge in [0.2, 0.25) is 0 Å². The third-order valence-corrected chi connectivity index (χ3v) is 5.01. The van der Waals surface area contributed by atoms with E-state index in [9.17, 15) is 9.59 Å². The molecule has 2 aromatic rings. The van der Waals surface area contributed by atoms with Gasteiger partial charge in [0.15, 0.2) is 0 Å². The molecule has 2 rings (SSSR count). The van der Waals surface area contributed by atoms with Crippen molar-refractivity contribution in [3.8, 4) is 0 Å². The molecule has 0 saturated carbocycles. The summed E-state index contributed by atoms with van der Waals surface area (Å²) in [5.74, 6) is -0.298. The van der Waals surface area contributed by atoms with Crippen molar-refractivity contribution in [2.45, 2.75) is 19.2 Å². The van der Waals surface area contributed by atoms with Crippen LogP contribution in [0, 0.1) is 0 Å². The number of amides is 2. The van der Waals surface area contributed by atoms with Gasteiger partial charge in [0.05, 0.1) is 6.10 Å². The molecule has 0 fully saturated rings. The number of likely N-dealkylation sites (N-methyl/N-ethyl adjacent to an activating group) is 2. The molecule has 1 atom stereocenters. The highest BCUT2D eigenvalue weighted by molar-refractivity contribution is 5.98. The summed E-state index contributed by atoms with van der Waals surface area (Å²) in [6, 6.07) is 18.1. The molecule has 132 valence electrons. The van der Waals surface area contributed by atoms with E-state index in [1.54, 1.807) is 48.2 Å². The first-order chi connectivity index (χ1) is 12.0. The lowest BCUT2D eigenvalue weighted by molar-refractivity contribution is 0.00582. The van der Waals surface area contributed by atoms with Gasteiger partial charge in [-0.3, -0.25) is 9.59 Å². The Balaban J connectivity index is 2.29. The second-order valence-electron chi connectivity index (χ2n) is 5.92. The molecule has 0 saturated heterocycles. The molecule has 5 nitrogen and oxygen atoms in total. The second kappa shape index (κ2) is 8.59. The topological polar surface area (TPSA) is 49.9 Å². The molecule has 0 aliphatic heterocycles. The minimum atomic E-state index is -0.502. The summed E-state index contributed by atoms with van der Waals surface area (Å²) in [5, 5.41) is 0. The zero-order valence-corrected chi connectivity index (χ0v) is 17.0. The van der Waals surface area contributed by atoms with Gasteiger partial charge in [-0.15, -0.1) is 0 Å². The van der Waals surface area contributed by atoms with Crippen LogP contribution in [0.1, 0.15) is 27.6 Å². The molecule has 6 heteroatoms. The third kappa shape index (κ3) is 4.35. The average molecular weight is 356 g/mol. The molecule has 0 aromatic heterocycles. The number of rotatable bonds is 6. The highest BCUT2D eigenvalue weighted by atomic mass is 28.2. The molecule has 0 bridgehead atoms. The molecule has 0 radical (unpaired) electrons. The van der Waals surface area contributed by atoms with E-state index in [0.717, 1.165) is 0 Å². The zero-order valence-electron chi connectivity index (χ0n) is 15.0. The third-order valence-electron chi connectivity index (χ3n) is 4.27. The molecular formula is C19H24N2O3Si. The van der Waals surface area contributed by atoms with Crippen LogP contribution in [0.5, 0.6) is 0 Å². The van der Waals surface area contributed by atoms with Crippen LogP contribution < -0.4 is 0 Å². The van der Waals surface area contributed by atoms with Crippen LogP contribution in [0.15, 0.2) is 60.7 Å². The summed E-state index contributed by atoms with van der Waals surface area (Å²) in [7, 11) is 3.92. The first kappa shape index (κ1) is 18.9. The number of carbonyl (C=O) groups is 2. The predicted molar refractivity (Wildman–Crippen MR) is 101 cm³/mol. The van der Waals surface area contributed by atoms with E-state index in [1.807, 2.05) is 43.3 Å². The van der Waals surface area contributed by atoms with Gasteiger partial charge in [-0.1, -0.05) is 36.4 Å². The van der Waals surface area contributed by atoms with Crippen LogP contribution in [0.4, 0.5) is 0 Å². The van der Waals surface area contributed by atoms with Gasteiger partial charge in [0.25, 0.3) is 11.8 Å². The van der Waals surface area contributed by atoms with Gasteiger partial charge < -0.3 is 14.2 Å². The Bertz CT molecular complexity index is 652. The fourth-order valence-corrected chi connectivity index (χ4v) is 3.06. The van der Waals surface area contributed by atoms with Crippen molar-refractivity contribution in [1.82, 2.24) is 9.80 Å². The molecule has 0 spiro atoms. The first-order valence-corrected chi connectivity index (χ1v) is 8.96. The van der Waals surface area contributed by atoms with Crippen LogP contribution >= 0.6 is 0 Å². The van der Waals surface area contributed by atoms with Crippen molar-refractivity contribution in [3.05, 3.63) is 71.8 Å². The Kier molecular flexibility index (Phi) is 6.49. The lowest BCUT2D eigenvalue weighted by atomic mass is 10.1. The SMILES string of the molecule is CC(O[SiH3])C(N(C)C(=O)c1ccccc1)N(C)C(=O)c1ccccc1. The van der Waals surface area contributed by atoms with Gasteiger partial charge in [-0.25, -0.2) is 0 Å². The minimum absolute atomic E-state index is 0.149. The van der Waals surface area contributed by atoms with Gasteiger partial charge >= 0.3 is 0 Å². The van der Waals surface area contributed by atoms with Crippen molar-refractivity contribution in [1.29, 1.82) is 0 Å². The quantitative estimate of drug-likeness (QED) is 0.583. The van der Waals surface area contributed by atoms with Gasteiger partial charge in [-0.05, 0) is 31.2 Å². The van der Waals surface area contributed by atoms with Crippen molar-refractivity contribution in [2.24, 2.45) is 0 Å². The Morgan fingerprint density at radius 2 is 1.20 bits per heavy atom. The standard InChI is InChI=1S/C19H24N2O3Si/c1-14(24-25)17(20(2)18(22)15-10-6-4-7-11-15)21(3)19(23)16-12-8-5-9-13-16/h4-14,17H,1-3,25H3. The fraction of sp³-hybridized carbons (Fsp3) is 0.263. The predicted octanol–water partition coefficient (Wildman–Crippen LogP) is 1.54. The molecule has 0 heterocycles. The van der Waals surface area contributed by atoms with E-state index < -0.39 is 6.17 Å². The molecule has 1 unspecified atom stereocenters. The Labute approximate surface area is 151 Å². The summed E-state index contributed by atoms with van der Waals surface area (Å²) in [5.41, 5.74) is 1.16. The Morgan fingerprint density at radius 1 is 0.840 bits per heavy atom. The number of nitrogens with zero attached hydrogens (tertiary/aromatic N) is 2. The largest absolute Gasteiger partial charge is 0.421 e. The molecule has 0 aliphatic carbocycles. The fourth-order valence-electron chi connectivity index (χ4n) is 2.82. The highest BCUT2D eigenvalue weighted by Crippen LogP contribution is 2.16. The summed E-state index contributed by atoms with van der Waals surface area (Å²) in [4.78, 5) is 28.8. The van der Waals surface area contributed by atoms with Gasteiger partial charge in [0.1, 0.15) is 16.7 Å². The maximum atomic E-state index is 12.8. The number of carbonyl (C=O) groups excluding carboxylic acids is 2. The molecule has 25 heavy (non-hydrogen) atoms. The molecular weight excluding hydrogens is 332 g/mol. The molecule has 0 aliphatic rings. The van der Waals surface area contributed by atoms with Crippen molar-refractivity contribution in [2.75, 3.05) is 14.1 Å². The average Bonchev–Trinajstić information content (AvgIpc) is 2.67. The van der Waals surface area contributed by atoms with E-state index in [4.69, 9.17) is 4.43 Å². The first-order valence-electron chi connectivity index (χ1n) is 8.14. The van der Waals surface area contributed by atoms with Crippen molar-refractivity contribution in [3.63, 3.8) is 0 Å². The number of benzene rings is 2. The lowest BCUT2D eigenvalue weighted by Gasteiger charge is -2.39. The normalized spacial score (nSPS) is 12.0. The number of hydrogen-bond donors (Lipinski definition) is 0. The van der Waals surface area contributed by atoms with Crippen LogP contribution in [0.2, 0.25) is 0 Å². The van der Waals surface area contributed by atoms with E-state index in [2.05, 4.69) is 0 Å². The van der Waals surface area contributed by atoms with Crippen LogP contribution in [0.3, 0.4) is 0 Å². The maximum Gasteiger partial charge on any atom is 0.255 e. The van der Waals surface area contributed by atoms with Crippen LogP contribution in [-0.2, 0) is 4.43 Å². The summed E-state index contributed by atoms with van der Waals surface area (Å²) in [6.45, 7) is 1.88. The summed E-state index contributed by atoms with van der Waals surface area (Å²) < 4.78 is 5.58. The van der Waals surface area contributed by atoms with Crippen molar-refractivity contribution >= 4 is 22.3 Å². The minimum Gasteiger partial charge on any atom is -0.421 e. The van der Waals surface area contributed by atoms with Gasteiger partial charge in [-0.2, -0.15) is 0 Å². The van der Waals surface area contributed by atoms with Crippen LogP contribution in [0.25, 0.3) is 0 Å².